The Morgan fingerprint density at radius 2 is 1.80 bits per heavy atom. The first-order valence-electron chi connectivity index (χ1n) is 6.03. The first-order chi connectivity index (χ1) is 6.80. The van der Waals surface area contributed by atoms with E-state index in [1.807, 2.05) is 0 Å². The minimum atomic E-state index is 0.353. The van der Waals surface area contributed by atoms with Gasteiger partial charge in [-0.2, -0.15) is 0 Å². The predicted octanol–water partition coefficient (Wildman–Crippen LogP) is 3.17. The highest BCUT2D eigenvalue weighted by Gasteiger charge is 2.23. The van der Waals surface area contributed by atoms with Crippen LogP contribution in [0, 0.1) is 5.41 Å². The van der Waals surface area contributed by atoms with Crippen molar-refractivity contribution in [3.05, 3.63) is 0 Å². The monoisotopic (exact) mass is 215 g/mol. The number of rotatable bonds is 6. The molecule has 92 valence electrons. The molecule has 0 rings (SSSR count). The number of ether oxygens (including phenoxy) is 1. The van der Waals surface area contributed by atoms with Gasteiger partial charge in [0, 0.05) is 13.2 Å². The van der Waals surface area contributed by atoms with Gasteiger partial charge in [-0.1, -0.05) is 27.7 Å². The second-order valence-corrected chi connectivity index (χ2v) is 5.77. The fraction of sp³-hybridized carbons (Fsp3) is 1.00. The van der Waals surface area contributed by atoms with Gasteiger partial charge >= 0.3 is 0 Å². The molecule has 0 fully saturated rings. The lowest BCUT2D eigenvalue weighted by atomic mass is 9.85. The summed E-state index contributed by atoms with van der Waals surface area (Å²) in [4.78, 5) is 2.43. The van der Waals surface area contributed by atoms with Crippen LogP contribution in [0.1, 0.15) is 47.5 Å². The highest BCUT2D eigenvalue weighted by molar-refractivity contribution is 4.77. The summed E-state index contributed by atoms with van der Waals surface area (Å²) in [5.74, 6) is 0. The maximum Gasteiger partial charge on any atom is 0.0558 e. The SMILES string of the molecule is CCN(C)C(CC(C)OC)CC(C)(C)C. The summed E-state index contributed by atoms with van der Waals surface area (Å²) in [5.41, 5.74) is 0.390. The predicted molar refractivity (Wildman–Crippen MR) is 67.3 cm³/mol. The van der Waals surface area contributed by atoms with Crippen LogP contribution in [-0.2, 0) is 4.74 Å². The summed E-state index contributed by atoms with van der Waals surface area (Å²) in [6.07, 6.45) is 2.70. The lowest BCUT2D eigenvalue weighted by Gasteiger charge is -2.34. The van der Waals surface area contributed by atoms with Gasteiger partial charge in [0.1, 0.15) is 0 Å². The molecule has 0 radical (unpaired) electrons. The number of hydrogen-bond acceptors (Lipinski definition) is 2. The van der Waals surface area contributed by atoms with Crippen LogP contribution >= 0.6 is 0 Å². The zero-order valence-corrected chi connectivity index (χ0v) is 11.6. The zero-order valence-electron chi connectivity index (χ0n) is 11.6. The van der Waals surface area contributed by atoms with E-state index in [2.05, 4.69) is 46.6 Å². The molecule has 0 aliphatic heterocycles. The fourth-order valence-corrected chi connectivity index (χ4v) is 1.86. The molecule has 2 heteroatoms. The first kappa shape index (κ1) is 14.9. The van der Waals surface area contributed by atoms with E-state index in [4.69, 9.17) is 4.74 Å². The van der Waals surface area contributed by atoms with Crippen LogP contribution < -0.4 is 0 Å². The Morgan fingerprint density at radius 3 is 2.13 bits per heavy atom. The summed E-state index contributed by atoms with van der Waals surface area (Å²) in [6.45, 7) is 12.4. The molecule has 0 saturated heterocycles. The van der Waals surface area contributed by atoms with Gasteiger partial charge in [0.2, 0.25) is 0 Å². The molecule has 2 nitrogen and oxygen atoms in total. The smallest absolute Gasteiger partial charge is 0.0558 e. The minimum absolute atomic E-state index is 0.353. The van der Waals surface area contributed by atoms with Crippen molar-refractivity contribution in [1.29, 1.82) is 0 Å². The zero-order chi connectivity index (χ0) is 12.1. The van der Waals surface area contributed by atoms with E-state index in [9.17, 15) is 0 Å². The molecule has 0 heterocycles. The standard InChI is InChI=1S/C13H29NO/c1-8-14(6)12(9-11(2)15-7)10-13(3,4)5/h11-12H,8-10H2,1-7H3. The van der Waals surface area contributed by atoms with Crippen LogP contribution in [0.5, 0.6) is 0 Å². The van der Waals surface area contributed by atoms with Gasteiger partial charge in [0.05, 0.1) is 6.10 Å². The van der Waals surface area contributed by atoms with Crippen molar-refractivity contribution in [2.45, 2.75) is 59.6 Å². The van der Waals surface area contributed by atoms with Crippen molar-refractivity contribution >= 4 is 0 Å². The third-order valence-electron chi connectivity index (χ3n) is 2.98. The number of nitrogens with zero attached hydrogens (tertiary/aromatic N) is 1. The van der Waals surface area contributed by atoms with Gasteiger partial charge in [-0.25, -0.2) is 0 Å². The quantitative estimate of drug-likeness (QED) is 0.675. The van der Waals surface area contributed by atoms with E-state index in [0.29, 0.717) is 17.6 Å². The van der Waals surface area contributed by atoms with Crippen molar-refractivity contribution in [3.8, 4) is 0 Å². The lowest BCUT2D eigenvalue weighted by Crippen LogP contribution is -2.37. The van der Waals surface area contributed by atoms with Crippen molar-refractivity contribution in [1.82, 2.24) is 4.90 Å². The fourth-order valence-electron chi connectivity index (χ4n) is 1.86. The molecule has 0 spiro atoms. The average Bonchev–Trinajstić information content (AvgIpc) is 2.13. The Morgan fingerprint density at radius 1 is 1.27 bits per heavy atom. The van der Waals surface area contributed by atoms with Gasteiger partial charge in [-0.15, -0.1) is 0 Å². The Balaban J connectivity index is 4.31. The van der Waals surface area contributed by atoms with Crippen molar-refractivity contribution in [2.75, 3.05) is 20.7 Å². The highest BCUT2D eigenvalue weighted by atomic mass is 16.5. The van der Waals surface area contributed by atoms with Gasteiger partial charge in [0.25, 0.3) is 0 Å². The van der Waals surface area contributed by atoms with Gasteiger partial charge in [-0.05, 0) is 38.8 Å². The van der Waals surface area contributed by atoms with E-state index in [1.165, 1.54) is 6.42 Å². The summed E-state index contributed by atoms with van der Waals surface area (Å²) >= 11 is 0. The van der Waals surface area contributed by atoms with E-state index < -0.39 is 0 Å². The van der Waals surface area contributed by atoms with E-state index >= 15 is 0 Å². The Hall–Kier alpha value is -0.0800. The summed E-state index contributed by atoms with van der Waals surface area (Å²) < 4.78 is 5.36. The molecule has 0 bridgehead atoms. The second-order valence-electron chi connectivity index (χ2n) is 5.77. The third kappa shape index (κ3) is 6.91. The summed E-state index contributed by atoms with van der Waals surface area (Å²) in [5, 5.41) is 0. The molecule has 0 aromatic heterocycles. The Bertz CT molecular complexity index is 162. The lowest BCUT2D eigenvalue weighted by molar-refractivity contribution is 0.0678. The molecule has 0 saturated carbocycles. The molecule has 0 N–H and O–H groups in total. The normalized spacial score (nSPS) is 16.8. The van der Waals surface area contributed by atoms with Crippen molar-refractivity contribution in [2.24, 2.45) is 5.41 Å². The van der Waals surface area contributed by atoms with Crippen LogP contribution in [0.4, 0.5) is 0 Å². The molecule has 15 heavy (non-hydrogen) atoms. The summed E-state index contributed by atoms with van der Waals surface area (Å²) in [6, 6.07) is 0.630. The molecular formula is C13H29NO. The Labute approximate surface area is 96.0 Å². The molecule has 0 aliphatic rings. The topological polar surface area (TPSA) is 12.5 Å². The van der Waals surface area contributed by atoms with E-state index in [0.717, 1.165) is 13.0 Å². The largest absolute Gasteiger partial charge is 0.382 e. The van der Waals surface area contributed by atoms with E-state index in [1.54, 1.807) is 7.11 Å². The number of methoxy groups -OCH3 is 1. The molecule has 2 unspecified atom stereocenters. The Kier molecular flexibility index (Phi) is 6.46. The third-order valence-corrected chi connectivity index (χ3v) is 2.98. The van der Waals surface area contributed by atoms with Crippen molar-refractivity contribution < 1.29 is 4.74 Å². The molecular weight excluding hydrogens is 186 g/mol. The van der Waals surface area contributed by atoms with Crippen molar-refractivity contribution in [3.63, 3.8) is 0 Å². The maximum atomic E-state index is 5.36. The molecule has 0 aromatic carbocycles. The molecule has 2 atom stereocenters. The highest BCUT2D eigenvalue weighted by Crippen LogP contribution is 2.25. The summed E-state index contributed by atoms with van der Waals surface area (Å²) in [7, 11) is 4.00. The minimum Gasteiger partial charge on any atom is -0.382 e. The van der Waals surface area contributed by atoms with Crippen LogP contribution in [0.3, 0.4) is 0 Å². The molecule has 0 amide bonds. The van der Waals surface area contributed by atoms with Gasteiger partial charge in [0.15, 0.2) is 0 Å². The first-order valence-corrected chi connectivity index (χ1v) is 6.03. The van der Waals surface area contributed by atoms with Crippen LogP contribution in [0.25, 0.3) is 0 Å². The molecule has 0 aliphatic carbocycles. The maximum absolute atomic E-state index is 5.36. The number of hydrogen-bond donors (Lipinski definition) is 0. The van der Waals surface area contributed by atoms with Crippen LogP contribution in [0.2, 0.25) is 0 Å². The van der Waals surface area contributed by atoms with Crippen LogP contribution in [0.15, 0.2) is 0 Å². The van der Waals surface area contributed by atoms with Gasteiger partial charge < -0.3 is 9.64 Å². The van der Waals surface area contributed by atoms with Crippen LogP contribution in [-0.4, -0.2) is 37.7 Å². The molecule has 0 aromatic rings. The second kappa shape index (κ2) is 6.49. The average molecular weight is 215 g/mol. The van der Waals surface area contributed by atoms with Gasteiger partial charge in [-0.3, -0.25) is 0 Å². The van der Waals surface area contributed by atoms with E-state index in [-0.39, 0.29) is 0 Å².